The van der Waals surface area contributed by atoms with E-state index < -0.39 is 36.6 Å². The van der Waals surface area contributed by atoms with E-state index in [0.717, 1.165) is 0 Å². The van der Waals surface area contributed by atoms with Crippen molar-refractivity contribution in [3.63, 3.8) is 0 Å². The lowest BCUT2D eigenvalue weighted by atomic mass is 10.3. The smallest absolute Gasteiger partial charge is 0.333 e. The van der Waals surface area contributed by atoms with Crippen LogP contribution in [0.2, 0.25) is 0 Å². The van der Waals surface area contributed by atoms with E-state index in [4.69, 9.17) is 24.8 Å². The van der Waals surface area contributed by atoms with E-state index in [2.05, 4.69) is 26.3 Å². The zero-order valence-electron chi connectivity index (χ0n) is 16.6. The lowest BCUT2D eigenvalue weighted by Crippen LogP contribution is -2.28. The van der Waals surface area contributed by atoms with Gasteiger partial charge in [0, 0.05) is 22.3 Å². The molecule has 0 fully saturated rings. The molecule has 28 heavy (non-hydrogen) atoms. The Balaban J connectivity index is -0.000000426. The summed E-state index contributed by atoms with van der Waals surface area (Å²) < 4.78 is 9.53. The zero-order chi connectivity index (χ0) is 23.0. The molecule has 0 aromatic rings. The number of esters is 2. The van der Waals surface area contributed by atoms with E-state index in [1.165, 1.54) is 27.7 Å². The molecule has 0 heterocycles. The van der Waals surface area contributed by atoms with E-state index in [-0.39, 0.29) is 28.9 Å². The highest BCUT2D eigenvalue weighted by Gasteiger charge is 2.16. The minimum atomic E-state index is -0.935. The van der Waals surface area contributed by atoms with Gasteiger partial charge < -0.3 is 24.8 Å². The second kappa shape index (κ2) is 16.0. The number of aliphatic carboxylic acids is 2. The number of aliphatic hydroxyl groups excluding tert-OH is 1. The van der Waals surface area contributed by atoms with Gasteiger partial charge in [-0.1, -0.05) is 26.3 Å². The third-order valence-electron chi connectivity index (χ3n) is 2.30. The highest BCUT2D eigenvalue weighted by Crippen LogP contribution is 2.01. The third-order valence-corrected chi connectivity index (χ3v) is 2.30. The Kier molecular flexibility index (Phi) is 16.9. The first-order valence-corrected chi connectivity index (χ1v) is 7.74. The first-order valence-electron chi connectivity index (χ1n) is 7.74. The minimum Gasteiger partial charge on any atom is -0.478 e. The van der Waals surface area contributed by atoms with Crippen LogP contribution >= 0.6 is 0 Å². The maximum atomic E-state index is 11.1. The average Bonchev–Trinajstić information content (AvgIpc) is 2.58. The number of hydrogen-bond donors (Lipinski definition) is 3. The van der Waals surface area contributed by atoms with Crippen LogP contribution in [0.1, 0.15) is 27.7 Å². The summed E-state index contributed by atoms with van der Waals surface area (Å²) in [5, 5.41) is 24.7. The SMILES string of the molecule is C=C(C)C(=O)O.C=C(C)C(=O)O.C=C(C)C(=O)OCC(CO)OC(=O)C(=C)C. The van der Waals surface area contributed by atoms with Crippen LogP contribution in [0.3, 0.4) is 0 Å². The predicted octanol–water partition coefficient (Wildman–Crippen LogP) is 1.88. The Labute approximate surface area is 164 Å². The fourth-order valence-electron chi connectivity index (χ4n) is 0.668. The second-order valence-electron chi connectivity index (χ2n) is 5.54. The Morgan fingerprint density at radius 1 is 0.750 bits per heavy atom. The lowest BCUT2D eigenvalue weighted by Gasteiger charge is -2.15. The Hall–Kier alpha value is -3.20. The van der Waals surface area contributed by atoms with Gasteiger partial charge in [-0.05, 0) is 27.7 Å². The number of aliphatic hydroxyl groups is 1. The fraction of sp³-hybridized carbons (Fsp3) is 0.368. The number of rotatable bonds is 8. The van der Waals surface area contributed by atoms with Crippen molar-refractivity contribution in [3.8, 4) is 0 Å². The molecule has 1 atom stereocenters. The molecule has 0 amide bonds. The molecule has 0 rings (SSSR count). The van der Waals surface area contributed by atoms with Crippen molar-refractivity contribution in [2.24, 2.45) is 0 Å². The van der Waals surface area contributed by atoms with Crippen LogP contribution in [0, 0.1) is 0 Å². The van der Waals surface area contributed by atoms with Gasteiger partial charge >= 0.3 is 23.9 Å². The standard InChI is InChI=1S/C11H16O5.2C4H6O2/c1-7(2)10(13)15-6-9(5-12)16-11(14)8(3)4;2*1-3(2)4(5)6/h9,12H,1,3,5-6H2,2,4H3;2*1H2,2H3,(H,5,6). The topological polar surface area (TPSA) is 147 Å². The molecule has 3 N–H and O–H groups in total. The maximum Gasteiger partial charge on any atom is 0.333 e. The molecule has 0 saturated heterocycles. The van der Waals surface area contributed by atoms with E-state index in [9.17, 15) is 19.2 Å². The molecule has 158 valence electrons. The van der Waals surface area contributed by atoms with Gasteiger partial charge in [-0.3, -0.25) is 0 Å². The summed E-state index contributed by atoms with van der Waals surface area (Å²) in [4.78, 5) is 41.3. The first kappa shape index (κ1) is 29.6. The quantitative estimate of drug-likeness (QED) is 0.410. The van der Waals surface area contributed by atoms with Crippen molar-refractivity contribution in [2.75, 3.05) is 13.2 Å². The van der Waals surface area contributed by atoms with E-state index in [1.807, 2.05) is 0 Å². The molecular weight excluding hydrogens is 372 g/mol. The van der Waals surface area contributed by atoms with Gasteiger partial charge in [-0.25, -0.2) is 19.2 Å². The normalized spacial score (nSPS) is 9.75. The Bertz CT molecular complexity index is 581. The van der Waals surface area contributed by atoms with E-state index in [1.54, 1.807) is 0 Å². The summed E-state index contributed by atoms with van der Waals surface area (Å²) in [6.45, 7) is 18.3. The van der Waals surface area contributed by atoms with Crippen molar-refractivity contribution in [1.29, 1.82) is 0 Å². The van der Waals surface area contributed by atoms with Crippen LogP contribution in [-0.4, -0.2) is 58.5 Å². The molecule has 0 radical (unpaired) electrons. The van der Waals surface area contributed by atoms with Gasteiger partial charge in [-0.15, -0.1) is 0 Å². The van der Waals surface area contributed by atoms with Gasteiger partial charge in [0.05, 0.1) is 6.61 Å². The third kappa shape index (κ3) is 19.1. The molecule has 0 saturated carbocycles. The van der Waals surface area contributed by atoms with Crippen molar-refractivity contribution in [3.05, 3.63) is 48.6 Å². The second-order valence-corrected chi connectivity index (χ2v) is 5.54. The molecule has 0 aromatic heterocycles. The summed E-state index contributed by atoms with van der Waals surface area (Å²) in [5.74, 6) is -3.10. The van der Waals surface area contributed by atoms with Crippen LogP contribution in [-0.2, 0) is 28.7 Å². The van der Waals surface area contributed by atoms with Gasteiger partial charge in [0.15, 0.2) is 6.10 Å². The van der Waals surface area contributed by atoms with Crippen molar-refractivity contribution < 1.29 is 44.0 Å². The lowest BCUT2D eigenvalue weighted by molar-refractivity contribution is -0.156. The molecule has 1 unspecified atom stereocenters. The molecule has 0 spiro atoms. The fourth-order valence-corrected chi connectivity index (χ4v) is 0.668. The van der Waals surface area contributed by atoms with Crippen molar-refractivity contribution in [1.82, 2.24) is 0 Å². The predicted molar refractivity (Wildman–Crippen MR) is 102 cm³/mol. The number of carbonyl (C=O) groups is 4. The summed E-state index contributed by atoms with van der Waals surface area (Å²) >= 11 is 0. The van der Waals surface area contributed by atoms with Gasteiger partial charge in [-0.2, -0.15) is 0 Å². The monoisotopic (exact) mass is 400 g/mol. The molecule has 9 nitrogen and oxygen atoms in total. The number of carboxylic acid groups (broad SMARTS) is 2. The Morgan fingerprint density at radius 2 is 1.07 bits per heavy atom. The van der Waals surface area contributed by atoms with Crippen molar-refractivity contribution in [2.45, 2.75) is 33.8 Å². The van der Waals surface area contributed by atoms with Crippen LogP contribution < -0.4 is 0 Å². The Morgan fingerprint density at radius 3 is 1.29 bits per heavy atom. The molecule has 9 heteroatoms. The molecule has 0 aliphatic carbocycles. The number of ether oxygens (including phenoxy) is 2. The van der Waals surface area contributed by atoms with Gasteiger partial charge in [0.1, 0.15) is 6.61 Å². The summed E-state index contributed by atoms with van der Waals surface area (Å²) in [5.41, 5.74) is 0.803. The zero-order valence-corrected chi connectivity index (χ0v) is 16.6. The molecule has 0 aliphatic heterocycles. The summed E-state index contributed by atoms with van der Waals surface area (Å²) in [7, 11) is 0. The van der Waals surface area contributed by atoms with Gasteiger partial charge in [0.2, 0.25) is 0 Å². The highest BCUT2D eigenvalue weighted by molar-refractivity contribution is 5.88. The van der Waals surface area contributed by atoms with Gasteiger partial charge in [0.25, 0.3) is 0 Å². The molecule has 0 aliphatic rings. The molecular formula is C19H28O9. The largest absolute Gasteiger partial charge is 0.478 e. The maximum absolute atomic E-state index is 11.1. The number of hydrogen-bond acceptors (Lipinski definition) is 7. The van der Waals surface area contributed by atoms with Crippen LogP contribution in [0.4, 0.5) is 0 Å². The molecule has 0 aromatic carbocycles. The number of carbonyl (C=O) groups excluding carboxylic acids is 2. The number of carboxylic acids is 2. The minimum absolute atomic E-state index is 0.176. The van der Waals surface area contributed by atoms with Crippen molar-refractivity contribution >= 4 is 23.9 Å². The first-order chi connectivity index (χ1) is 12.7. The average molecular weight is 400 g/mol. The highest BCUT2D eigenvalue weighted by atomic mass is 16.6. The van der Waals surface area contributed by atoms with Crippen LogP contribution in [0.15, 0.2) is 48.6 Å². The molecule has 0 bridgehead atoms. The van der Waals surface area contributed by atoms with E-state index >= 15 is 0 Å². The van der Waals surface area contributed by atoms with Crippen LogP contribution in [0.25, 0.3) is 0 Å². The summed E-state index contributed by atoms with van der Waals surface area (Å²) in [6.07, 6.45) is -0.882. The van der Waals surface area contributed by atoms with Crippen LogP contribution in [0.5, 0.6) is 0 Å². The summed E-state index contributed by atoms with van der Waals surface area (Å²) in [6, 6.07) is 0. The van der Waals surface area contributed by atoms with E-state index in [0.29, 0.717) is 0 Å².